The van der Waals surface area contributed by atoms with E-state index in [1.807, 2.05) is 25.8 Å². The third kappa shape index (κ3) is 5.82. The lowest BCUT2D eigenvalue weighted by atomic mass is 9.78. The van der Waals surface area contributed by atoms with Crippen LogP contribution in [0.15, 0.2) is 23.7 Å². The molecule has 2 atom stereocenters. The van der Waals surface area contributed by atoms with Crippen LogP contribution in [0.25, 0.3) is 0 Å². The molecule has 24 heavy (non-hydrogen) atoms. The summed E-state index contributed by atoms with van der Waals surface area (Å²) >= 11 is 0. The van der Waals surface area contributed by atoms with Crippen molar-refractivity contribution in [3.63, 3.8) is 0 Å². The van der Waals surface area contributed by atoms with E-state index < -0.39 is 0 Å². The van der Waals surface area contributed by atoms with Gasteiger partial charge >= 0.3 is 0 Å². The van der Waals surface area contributed by atoms with Crippen molar-refractivity contribution in [2.45, 2.75) is 52.7 Å². The summed E-state index contributed by atoms with van der Waals surface area (Å²) in [5.74, 6) is 1.40. The highest BCUT2D eigenvalue weighted by Crippen LogP contribution is 2.33. The molecule has 1 aliphatic rings. The maximum atomic E-state index is 6.05. The fraction of sp³-hybridized carbons (Fsp3) is 0.778. The Morgan fingerprint density at radius 3 is 2.88 bits per heavy atom. The zero-order chi connectivity index (χ0) is 17.4. The van der Waals surface area contributed by atoms with E-state index in [2.05, 4.69) is 45.9 Å². The second-order valence-electron chi connectivity index (χ2n) is 7.59. The van der Waals surface area contributed by atoms with E-state index >= 15 is 0 Å². The minimum Gasteiger partial charge on any atom is -0.377 e. The fourth-order valence-corrected chi connectivity index (χ4v) is 3.35. The summed E-state index contributed by atoms with van der Waals surface area (Å²) in [7, 11) is 1.82. The van der Waals surface area contributed by atoms with Gasteiger partial charge in [0.15, 0.2) is 5.96 Å². The van der Waals surface area contributed by atoms with Crippen LogP contribution >= 0.6 is 0 Å². The Morgan fingerprint density at radius 1 is 1.38 bits per heavy atom. The first-order valence-corrected chi connectivity index (χ1v) is 9.02. The van der Waals surface area contributed by atoms with E-state index in [0.717, 1.165) is 45.0 Å². The van der Waals surface area contributed by atoms with Crippen LogP contribution in [0.2, 0.25) is 0 Å². The highest BCUT2D eigenvalue weighted by atomic mass is 16.5. The zero-order valence-corrected chi connectivity index (χ0v) is 15.6. The molecule has 0 bridgehead atoms. The Hall–Kier alpha value is -1.56. The zero-order valence-electron chi connectivity index (χ0n) is 15.6. The summed E-state index contributed by atoms with van der Waals surface area (Å²) in [6.07, 6.45) is 9.35. The number of guanidine groups is 1. The molecule has 0 aliphatic carbocycles. The lowest BCUT2D eigenvalue weighted by molar-refractivity contribution is -0.0835. The van der Waals surface area contributed by atoms with Gasteiger partial charge in [0.2, 0.25) is 0 Å². The number of aromatic nitrogens is 2. The second-order valence-corrected chi connectivity index (χ2v) is 7.59. The Labute approximate surface area is 146 Å². The Balaban J connectivity index is 1.72. The molecule has 6 nitrogen and oxygen atoms in total. The molecule has 0 saturated carbocycles. The van der Waals surface area contributed by atoms with Gasteiger partial charge in [0.05, 0.1) is 12.4 Å². The molecule has 1 aliphatic heterocycles. The van der Waals surface area contributed by atoms with Crippen molar-refractivity contribution in [1.82, 2.24) is 20.2 Å². The highest BCUT2D eigenvalue weighted by molar-refractivity contribution is 5.79. The minimum absolute atomic E-state index is 0.175. The third-order valence-electron chi connectivity index (χ3n) is 4.50. The second kappa shape index (κ2) is 9.06. The van der Waals surface area contributed by atoms with Crippen LogP contribution in [-0.4, -0.2) is 48.4 Å². The Kier molecular flexibility index (Phi) is 7.09. The van der Waals surface area contributed by atoms with Crippen LogP contribution in [0.3, 0.4) is 0 Å². The largest absolute Gasteiger partial charge is 0.377 e. The number of nitrogens with one attached hydrogen (secondary N) is 2. The molecule has 1 saturated heterocycles. The molecular weight excluding hydrogens is 302 g/mol. The van der Waals surface area contributed by atoms with Crippen molar-refractivity contribution < 1.29 is 4.74 Å². The number of imidazole rings is 1. The molecule has 2 unspecified atom stereocenters. The summed E-state index contributed by atoms with van der Waals surface area (Å²) in [5.41, 5.74) is 0.175. The van der Waals surface area contributed by atoms with E-state index in [1.165, 1.54) is 6.42 Å². The maximum absolute atomic E-state index is 6.05. The fourth-order valence-electron chi connectivity index (χ4n) is 3.35. The van der Waals surface area contributed by atoms with Gasteiger partial charge in [-0.25, -0.2) is 4.98 Å². The summed E-state index contributed by atoms with van der Waals surface area (Å²) in [6, 6.07) is 0. The van der Waals surface area contributed by atoms with Gasteiger partial charge < -0.3 is 19.9 Å². The summed E-state index contributed by atoms with van der Waals surface area (Å²) in [6.45, 7) is 10.4. The molecule has 0 amide bonds. The molecule has 136 valence electrons. The Morgan fingerprint density at radius 2 is 2.21 bits per heavy atom. The van der Waals surface area contributed by atoms with Gasteiger partial charge in [-0.05, 0) is 24.7 Å². The minimum atomic E-state index is 0.175. The number of aliphatic imine (C=N–C) groups is 1. The Bertz CT molecular complexity index is 492. The number of hydrogen-bond acceptors (Lipinski definition) is 3. The summed E-state index contributed by atoms with van der Waals surface area (Å²) < 4.78 is 8.14. The van der Waals surface area contributed by atoms with Crippen LogP contribution in [0.4, 0.5) is 0 Å². The van der Waals surface area contributed by atoms with Crippen LogP contribution in [-0.2, 0) is 11.3 Å². The number of rotatable bonds is 6. The van der Waals surface area contributed by atoms with Crippen molar-refractivity contribution in [2.24, 2.45) is 16.3 Å². The molecule has 2 N–H and O–H groups in total. The van der Waals surface area contributed by atoms with Crippen molar-refractivity contribution >= 4 is 5.96 Å². The number of hydrogen-bond donors (Lipinski definition) is 2. The van der Waals surface area contributed by atoms with Gasteiger partial charge in [-0.15, -0.1) is 0 Å². The summed E-state index contributed by atoms with van der Waals surface area (Å²) in [5, 5.41) is 6.86. The lowest BCUT2D eigenvalue weighted by Crippen LogP contribution is -2.47. The monoisotopic (exact) mass is 335 g/mol. The van der Waals surface area contributed by atoms with Crippen molar-refractivity contribution in [1.29, 1.82) is 0 Å². The molecule has 0 spiro atoms. The average Bonchev–Trinajstić information content (AvgIpc) is 3.07. The van der Waals surface area contributed by atoms with Gasteiger partial charge in [-0.2, -0.15) is 0 Å². The molecule has 1 aromatic rings. The average molecular weight is 335 g/mol. The smallest absolute Gasteiger partial charge is 0.190 e. The third-order valence-corrected chi connectivity index (χ3v) is 4.50. The molecule has 2 rings (SSSR count). The van der Waals surface area contributed by atoms with Gasteiger partial charge in [0.1, 0.15) is 0 Å². The SMILES string of the molecule is CN=C(NCCCn1ccnc1)NCC1CCCOC1C(C)(C)C. The van der Waals surface area contributed by atoms with E-state index in [4.69, 9.17) is 4.74 Å². The van der Waals surface area contributed by atoms with Crippen LogP contribution in [0, 0.1) is 11.3 Å². The van der Waals surface area contributed by atoms with Crippen LogP contribution in [0.5, 0.6) is 0 Å². The predicted octanol–water partition coefficient (Wildman–Crippen LogP) is 2.28. The van der Waals surface area contributed by atoms with Gasteiger partial charge in [-0.3, -0.25) is 4.99 Å². The molecule has 0 radical (unpaired) electrons. The molecule has 1 aromatic heterocycles. The molecule has 6 heteroatoms. The van der Waals surface area contributed by atoms with Crippen molar-refractivity contribution in [3.8, 4) is 0 Å². The highest BCUT2D eigenvalue weighted by Gasteiger charge is 2.35. The maximum Gasteiger partial charge on any atom is 0.190 e. The van der Waals surface area contributed by atoms with Gasteiger partial charge in [0.25, 0.3) is 0 Å². The predicted molar refractivity (Wildman–Crippen MR) is 98.1 cm³/mol. The van der Waals surface area contributed by atoms with E-state index in [-0.39, 0.29) is 5.41 Å². The molecular formula is C18H33N5O. The standard InChI is InChI=1S/C18H33N5O/c1-18(2,3)16-15(7-5-12-24-16)13-22-17(19-4)21-8-6-10-23-11-9-20-14-23/h9,11,14-16H,5-8,10,12-13H2,1-4H3,(H2,19,21,22). The first-order valence-electron chi connectivity index (χ1n) is 9.02. The molecule has 1 fully saturated rings. The van der Waals surface area contributed by atoms with Crippen LogP contribution < -0.4 is 10.6 Å². The van der Waals surface area contributed by atoms with E-state index in [9.17, 15) is 0 Å². The first-order chi connectivity index (χ1) is 11.5. The molecule has 2 heterocycles. The number of aryl methyl sites for hydroxylation is 1. The van der Waals surface area contributed by atoms with E-state index in [1.54, 1.807) is 0 Å². The quantitative estimate of drug-likeness (QED) is 0.476. The first kappa shape index (κ1) is 18.8. The van der Waals surface area contributed by atoms with Crippen molar-refractivity contribution in [3.05, 3.63) is 18.7 Å². The van der Waals surface area contributed by atoms with Crippen LogP contribution in [0.1, 0.15) is 40.0 Å². The van der Waals surface area contributed by atoms with Gasteiger partial charge in [0, 0.05) is 51.6 Å². The molecule has 0 aromatic carbocycles. The summed E-state index contributed by atoms with van der Waals surface area (Å²) in [4.78, 5) is 8.38. The van der Waals surface area contributed by atoms with E-state index in [0.29, 0.717) is 12.0 Å². The number of ether oxygens (including phenoxy) is 1. The topological polar surface area (TPSA) is 63.5 Å². The van der Waals surface area contributed by atoms with Gasteiger partial charge in [-0.1, -0.05) is 20.8 Å². The lowest BCUT2D eigenvalue weighted by Gasteiger charge is -2.40. The normalized spacial score (nSPS) is 22.4. The number of nitrogens with zero attached hydrogens (tertiary/aromatic N) is 3. The van der Waals surface area contributed by atoms with Crippen molar-refractivity contribution in [2.75, 3.05) is 26.7 Å².